The zero-order chi connectivity index (χ0) is 24.2. The van der Waals surface area contributed by atoms with Gasteiger partial charge in [0.25, 0.3) is 0 Å². The van der Waals surface area contributed by atoms with Crippen molar-refractivity contribution < 1.29 is 21.6 Å². The number of sulfone groups is 1. The van der Waals surface area contributed by atoms with Gasteiger partial charge in [0.1, 0.15) is 11.0 Å². The number of nitrogens with one attached hydrogen (secondary N) is 1. The second-order valence-corrected chi connectivity index (χ2v) is 11.6. The van der Waals surface area contributed by atoms with Crippen LogP contribution in [0.4, 0.5) is 0 Å². The first-order chi connectivity index (χ1) is 15.6. The van der Waals surface area contributed by atoms with Crippen LogP contribution in [0, 0.1) is 20.8 Å². The van der Waals surface area contributed by atoms with E-state index in [4.69, 9.17) is 4.74 Å². The summed E-state index contributed by atoms with van der Waals surface area (Å²) in [5.74, 6) is 0.556. The lowest BCUT2D eigenvalue weighted by atomic mass is 10.1. The molecule has 0 bridgehead atoms. The van der Waals surface area contributed by atoms with Crippen molar-refractivity contribution in [3.8, 4) is 5.75 Å². The number of aryl methyl sites for hydroxylation is 3. The molecule has 0 radical (unpaired) electrons. The van der Waals surface area contributed by atoms with E-state index in [2.05, 4.69) is 9.71 Å². The van der Waals surface area contributed by atoms with Gasteiger partial charge in [-0.1, -0.05) is 23.8 Å². The molecular formula is C24H28N2O5S2. The predicted octanol–water partition coefficient (Wildman–Crippen LogP) is 3.90. The predicted molar refractivity (Wildman–Crippen MR) is 128 cm³/mol. The minimum Gasteiger partial charge on any atom is -0.494 e. The Morgan fingerprint density at radius 1 is 0.970 bits per heavy atom. The van der Waals surface area contributed by atoms with Gasteiger partial charge in [0, 0.05) is 18.9 Å². The van der Waals surface area contributed by atoms with Crippen LogP contribution in [-0.4, -0.2) is 35.0 Å². The second-order valence-electron chi connectivity index (χ2n) is 7.80. The van der Waals surface area contributed by atoms with Crippen LogP contribution in [0.15, 0.2) is 70.7 Å². The Kier molecular flexibility index (Phi) is 7.56. The number of sulfonamides is 1. The molecule has 1 heterocycles. The Labute approximate surface area is 195 Å². The van der Waals surface area contributed by atoms with Gasteiger partial charge in [0.15, 0.2) is 9.84 Å². The standard InChI is InChI=1S/C24H28N2O5S2/c1-5-31-21-8-10-22(11-9-21)32(27,28)23(20-7-6-12-25-15-20)16-26-33(29,30)24-18(3)13-17(2)14-19(24)4/h6-15,23,26H,5,16H2,1-4H3. The number of benzene rings is 2. The lowest BCUT2D eigenvalue weighted by molar-refractivity contribution is 0.340. The fourth-order valence-corrected chi connectivity index (χ4v) is 7.12. The van der Waals surface area contributed by atoms with Crippen molar-refractivity contribution in [1.29, 1.82) is 0 Å². The molecule has 3 rings (SSSR count). The maximum Gasteiger partial charge on any atom is 0.241 e. The molecule has 1 atom stereocenters. The van der Waals surface area contributed by atoms with E-state index >= 15 is 0 Å². The van der Waals surface area contributed by atoms with Crippen LogP contribution in [0.3, 0.4) is 0 Å². The summed E-state index contributed by atoms with van der Waals surface area (Å²) in [6.45, 7) is 7.31. The van der Waals surface area contributed by atoms with E-state index in [9.17, 15) is 16.8 Å². The first-order valence-electron chi connectivity index (χ1n) is 10.5. The molecular weight excluding hydrogens is 460 g/mol. The van der Waals surface area contributed by atoms with Gasteiger partial charge in [-0.3, -0.25) is 4.98 Å². The van der Waals surface area contributed by atoms with Crippen molar-refractivity contribution in [2.45, 2.75) is 42.7 Å². The molecule has 7 nitrogen and oxygen atoms in total. The van der Waals surface area contributed by atoms with Crippen LogP contribution in [0.2, 0.25) is 0 Å². The Balaban J connectivity index is 1.97. The zero-order valence-electron chi connectivity index (χ0n) is 19.1. The summed E-state index contributed by atoms with van der Waals surface area (Å²) in [5.41, 5.74) is 2.56. The molecule has 3 aromatic rings. The quantitative estimate of drug-likeness (QED) is 0.490. The van der Waals surface area contributed by atoms with Crippen molar-refractivity contribution in [1.82, 2.24) is 9.71 Å². The molecule has 0 spiro atoms. The van der Waals surface area contributed by atoms with E-state index in [0.29, 0.717) is 29.0 Å². The molecule has 176 valence electrons. The lowest BCUT2D eigenvalue weighted by Crippen LogP contribution is -2.32. The van der Waals surface area contributed by atoms with Crippen LogP contribution in [-0.2, 0) is 19.9 Å². The summed E-state index contributed by atoms with van der Waals surface area (Å²) in [6.07, 6.45) is 2.97. The number of rotatable bonds is 9. The average molecular weight is 489 g/mol. The molecule has 1 N–H and O–H groups in total. The molecule has 0 aliphatic heterocycles. The first kappa shape index (κ1) is 24.9. The van der Waals surface area contributed by atoms with Gasteiger partial charge in [0.2, 0.25) is 10.0 Å². The number of aromatic nitrogens is 1. The van der Waals surface area contributed by atoms with E-state index in [0.717, 1.165) is 5.56 Å². The van der Waals surface area contributed by atoms with Gasteiger partial charge >= 0.3 is 0 Å². The van der Waals surface area contributed by atoms with E-state index < -0.39 is 25.1 Å². The summed E-state index contributed by atoms with van der Waals surface area (Å²) in [4.78, 5) is 4.26. The molecule has 0 aliphatic rings. The third-order valence-electron chi connectivity index (χ3n) is 5.23. The van der Waals surface area contributed by atoms with Gasteiger partial charge in [-0.2, -0.15) is 0 Å². The summed E-state index contributed by atoms with van der Waals surface area (Å²) in [5, 5.41) is -1.16. The van der Waals surface area contributed by atoms with Gasteiger partial charge in [-0.15, -0.1) is 0 Å². The second kappa shape index (κ2) is 10.0. The highest BCUT2D eigenvalue weighted by atomic mass is 32.2. The third-order valence-corrected chi connectivity index (χ3v) is 9.07. The van der Waals surface area contributed by atoms with Gasteiger partial charge in [-0.05, 0) is 74.7 Å². The van der Waals surface area contributed by atoms with Crippen LogP contribution in [0.25, 0.3) is 0 Å². The number of hydrogen-bond donors (Lipinski definition) is 1. The van der Waals surface area contributed by atoms with Gasteiger partial charge in [-0.25, -0.2) is 21.6 Å². The maximum absolute atomic E-state index is 13.5. The van der Waals surface area contributed by atoms with Crippen LogP contribution < -0.4 is 9.46 Å². The van der Waals surface area contributed by atoms with E-state index in [1.54, 1.807) is 50.2 Å². The first-order valence-corrected chi connectivity index (χ1v) is 13.5. The van der Waals surface area contributed by atoms with Crippen molar-refractivity contribution in [2.24, 2.45) is 0 Å². The van der Waals surface area contributed by atoms with Crippen LogP contribution in [0.1, 0.15) is 34.4 Å². The Bertz CT molecular complexity index is 1300. The normalized spacial score (nSPS) is 13.0. The van der Waals surface area contributed by atoms with Gasteiger partial charge in [0.05, 0.1) is 16.4 Å². The zero-order valence-corrected chi connectivity index (χ0v) is 20.7. The highest BCUT2D eigenvalue weighted by Gasteiger charge is 2.32. The Morgan fingerprint density at radius 2 is 1.61 bits per heavy atom. The van der Waals surface area contributed by atoms with Crippen LogP contribution >= 0.6 is 0 Å². The van der Waals surface area contributed by atoms with Crippen molar-refractivity contribution in [2.75, 3.05) is 13.2 Å². The van der Waals surface area contributed by atoms with Gasteiger partial charge < -0.3 is 4.74 Å². The van der Waals surface area contributed by atoms with Crippen LogP contribution in [0.5, 0.6) is 5.75 Å². The van der Waals surface area contributed by atoms with E-state index in [-0.39, 0.29) is 16.3 Å². The largest absolute Gasteiger partial charge is 0.494 e. The van der Waals surface area contributed by atoms with Crippen molar-refractivity contribution >= 4 is 19.9 Å². The highest BCUT2D eigenvalue weighted by molar-refractivity contribution is 7.92. The molecule has 1 aromatic heterocycles. The molecule has 0 fully saturated rings. The maximum atomic E-state index is 13.5. The van der Waals surface area contributed by atoms with Crippen molar-refractivity contribution in [3.63, 3.8) is 0 Å². The molecule has 0 saturated heterocycles. The number of hydrogen-bond acceptors (Lipinski definition) is 6. The summed E-state index contributed by atoms with van der Waals surface area (Å²) < 4.78 is 61.3. The topological polar surface area (TPSA) is 102 Å². The summed E-state index contributed by atoms with van der Waals surface area (Å²) in [6, 6.07) is 12.9. The average Bonchev–Trinajstić information content (AvgIpc) is 2.74. The molecule has 9 heteroatoms. The lowest BCUT2D eigenvalue weighted by Gasteiger charge is -2.20. The molecule has 33 heavy (non-hydrogen) atoms. The minimum atomic E-state index is -3.95. The molecule has 0 amide bonds. The monoisotopic (exact) mass is 488 g/mol. The summed E-state index contributed by atoms with van der Waals surface area (Å²) >= 11 is 0. The fraction of sp³-hybridized carbons (Fsp3) is 0.292. The minimum absolute atomic E-state index is 0.0710. The van der Waals surface area contributed by atoms with E-state index in [1.807, 2.05) is 13.8 Å². The number of ether oxygens (including phenoxy) is 1. The Morgan fingerprint density at radius 3 is 2.15 bits per heavy atom. The van der Waals surface area contributed by atoms with E-state index in [1.165, 1.54) is 24.5 Å². The molecule has 2 aromatic carbocycles. The highest BCUT2D eigenvalue weighted by Crippen LogP contribution is 2.30. The SMILES string of the molecule is CCOc1ccc(S(=O)(=O)C(CNS(=O)(=O)c2c(C)cc(C)cc2C)c2cccnc2)cc1. The van der Waals surface area contributed by atoms with Crippen molar-refractivity contribution in [3.05, 3.63) is 83.2 Å². The molecule has 0 aliphatic carbocycles. The fourth-order valence-electron chi connectivity index (χ4n) is 3.88. The molecule has 0 saturated carbocycles. The number of pyridine rings is 1. The Hall–Kier alpha value is -2.75. The summed E-state index contributed by atoms with van der Waals surface area (Å²) in [7, 11) is -7.89. The third kappa shape index (κ3) is 5.61. The number of nitrogens with zero attached hydrogens (tertiary/aromatic N) is 1. The smallest absolute Gasteiger partial charge is 0.241 e. The molecule has 1 unspecified atom stereocenters.